The van der Waals surface area contributed by atoms with Crippen LogP contribution in [0.5, 0.6) is 0 Å². The van der Waals surface area contributed by atoms with Crippen LogP contribution < -0.4 is 0 Å². The summed E-state index contributed by atoms with van der Waals surface area (Å²) >= 11 is 0. The van der Waals surface area contributed by atoms with E-state index in [1.165, 1.54) is 0 Å². The summed E-state index contributed by atoms with van der Waals surface area (Å²) < 4.78 is 9.85. The summed E-state index contributed by atoms with van der Waals surface area (Å²) in [5.74, 6) is 0.312. The predicted octanol–water partition coefficient (Wildman–Crippen LogP) is 0.808. The molecule has 2 rings (SSSR count). The number of amides is 1. The summed E-state index contributed by atoms with van der Waals surface area (Å²) in [6.07, 6.45) is 1.62. The molecular weight excluding hydrogens is 236 g/mol. The second-order valence-corrected chi connectivity index (χ2v) is 4.75. The number of hydrogen-bond donors (Lipinski definition) is 1. The van der Waals surface area contributed by atoms with Gasteiger partial charge < -0.3 is 19.3 Å². The van der Waals surface area contributed by atoms with Crippen LogP contribution >= 0.6 is 0 Å². The third-order valence-electron chi connectivity index (χ3n) is 3.04. The van der Waals surface area contributed by atoms with Crippen molar-refractivity contribution < 1.29 is 19.2 Å². The molecule has 1 aromatic rings. The summed E-state index contributed by atoms with van der Waals surface area (Å²) in [5, 5.41) is 13.7. The first-order chi connectivity index (χ1) is 8.58. The quantitative estimate of drug-likeness (QED) is 0.841. The normalized spacial score (nSPS) is 17.6. The first-order valence-electron chi connectivity index (χ1n) is 6.04. The molecule has 1 aromatic heterocycles. The lowest BCUT2D eigenvalue weighted by Gasteiger charge is -2.46. The van der Waals surface area contributed by atoms with Gasteiger partial charge in [-0.2, -0.15) is 0 Å². The molecule has 18 heavy (non-hydrogen) atoms. The predicted molar refractivity (Wildman–Crippen MR) is 63.0 cm³/mol. The van der Waals surface area contributed by atoms with E-state index in [0.29, 0.717) is 31.9 Å². The van der Waals surface area contributed by atoms with Crippen LogP contribution in [0, 0.1) is 0 Å². The maximum atomic E-state index is 12.0. The molecule has 100 valence electrons. The van der Waals surface area contributed by atoms with Crippen LogP contribution in [-0.4, -0.2) is 46.9 Å². The number of nitrogens with zero attached hydrogens (tertiary/aromatic N) is 2. The molecule has 1 aliphatic rings. The van der Waals surface area contributed by atoms with Gasteiger partial charge in [0.2, 0.25) is 0 Å². The van der Waals surface area contributed by atoms with E-state index in [1.54, 1.807) is 18.1 Å². The molecule has 0 saturated carbocycles. The van der Waals surface area contributed by atoms with Crippen molar-refractivity contribution in [2.24, 2.45) is 0 Å². The minimum absolute atomic E-state index is 0.207. The van der Waals surface area contributed by atoms with Gasteiger partial charge in [-0.05, 0) is 6.42 Å². The van der Waals surface area contributed by atoms with E-state index >= 15 is 0 Å². The van der Waals surface area contributed by atoms with Gasteiger partial charge in [0, 0.05) is 13.2 Å². The number of methoxy groups -OCH3 is 1. The molecule has 1 N–H and O–H groups in total. The van der Waals surface area contributed by atoms with E-state index in [-0.39, 0.29) is 11.6 Å². The van der Waals surface area contributed by atoms with E-state index in [4.69, 9.17) is 9.26 Å². The summed E-state index contributed by atoms with van der Waals surface area (Å²) in [5.41, 5.74) is -0.454. The topological polar surface area (TPSA) is 75.8 Å². The van der Waals surface area contributed by atoms with Crippen molar-refractivity contribution in [2.45, 2.75) is 32.0 Å². The lowest BCUT2D eigenvalue weighted by molar-refractivity contribution is -0.0862. The highest BCUT2D eigenvalue weighted by Crippen LogP contribution is 2.27. The van der Waals surface area contributed by atoms with Gasteiger partial charge in [0.05, 0.1) is 18.7 Å². The molecule has 6 nitrogen and oxygen atoms in total. The van der Waals surface area contributed by atoms with Crippen LogP contribution in [0.3, 0.4) is 0 Å². The van der Waals surface area contributed by atoms with Crippen LogP contribution in [0.15, 0.2) is 10.6 Å². The number of β-amino-alcohol motifs (C(OH)–C–C–N with tert-alkyl or cyclic N) is 1. The van der Waals surface area contributed by atoms with E-state index in [9.17, 15) is 9.90 Å². The Morgan fingerprint density at radius 1 is 1.67 bits per heavy atom. The molecule has 1 amide bonds. The van der Waals surface area contributed by atoms with Gasteiger partial charge >= 0.3 is 0 Å². The minimum Gasteiger partial charge on any atom is -0.386 e. The maximum absolute atomic E-state index is 12.0. The fourth-order valence-electron chi connectivity index (χ4n) is 2.22. The monoisotopic (exact) mass is 254 g/mol. The van der Waals surface area contributed by atoms with Crippen LogP contribution in [0.1, 0.15) is 36.0 Å². The minimum atomic E-state index is -0.719. The SMILES string of the molecule is CCCC1(O)CN(C(=O)c2cc(COC)on2)C1. The number of hydrogen-bond acceptors (Lipinski definition) is 5. The van der Waals surface area contributed by atoms with Crippen LogP contribution in [0.2, 0.25) is 0 Å². The van der Waals surface area contributed by atoms with Crippen molar-refractivity contribution >= 4 is 5.91 Å². The van der Waals surface area contributed by atoms with Gasteiger partial charge in [0.15, 0.2) is 11.5 Å². The molecule has 0 atom stereocenters. The standard InChI is InChI=1S/C12H18N2O4/c1-3-4-12(16)7-14(8-12)11(15)10-5-9(6-17-2)18-13-10/h5,16H,3-4,6-8H2,1-2H3. The average Bonchev–Trinajstić information content (AvgIpc) is 2.74. The molecule has 0 radical (unpaired) electrons. The van der Waals surface area contributed by atoms with Crippen LogP contribution in [0.4, 0.5) is 0 Å². The van der Waals surface area contributed by atoms with Crippen molar-refractivity contribution in [1.29, 1.82) is 0 Å². The second kappa shape index (κ2) is 5.07. The fourth-order valence-corrected chi connectivity index (χ4v) is 2.22. The largest absolute Gasteiger partial charge is 0.386 e. The zero-order chi connectivity index (χ0) is 13.2. The molecule has 1 fully saturated rings. The highest BCUT2D eigenvalue weighted by Gasteiger charge is 2.43. The number of carbonyl (C=O) groups is 1. The summed E-state index contributed by atoms with van der Waals surface area (Å²) in [4.78, 5) is 13.6. The van der Waals surface area contributed by atoms with Gasteiger partial charge in [-0.15, -0.1) is 0 Å². The zero-order valence-electron chi connectivity index (χ0n) is 10.7. The van der Waals surface area contributed by atoms with E-state index in [1.807, 2.05) is 6.92 Å². The summed E-state index contributed by atoms with van der Waals surface area (Å²) in [7, 11) is 1.55. The molecule has 0 aliphatic carbocycles. The Hall–Kier alpha value is -1.40. The average molecular weight is 254 g/mol. The highest BCUT2D eigenvalue weighted by molar-refractivity contribution is 5.93. The van der Waals surface area contributed by atoms with Crippen molar-refractivity contribution in [1.82, 2.24) is 10.1 Å². The Kier molecular flexibility index (Phi) is 3.68. The summed E-state index contributed by atoms with van der Waals surface area (Å²) in [6.45, 7) is 3.04. The number of aliphatic hydroxyl groups is 1. The molecule has 0 bridgehead atoms. The van der Waals surface area contributed by atoms with Crippen LogP contribution in [0.25, 0.3) is 0 Å². The molecule has 6 heteroatoms. The van der Waals surface area contributed by atoms with Crippen LogP contribution in [-0.2, 0) is 11.3 Å². The maximum Gasteiger partial charge on any atom is 0.276 e. The molecule has 0 aromatic carbocycles. The summed E-state index contributed by atoms with van der Waals surface area (Å²) in [6, 6.07) is 1.57. The number of rotatable bonds is 5. The Balaban J connectivity index is 1.93. The molecule has 2 heterocycles. The number of carbonyl (C=O) groups excluding carboxylic acids is 1. The Labute approximate surface area is 106 Å². The molecule has 0 unspecified atom stereocenters. The first-order valence-corrected chi connectivity index (χ1v) is 6.04. The molecule has 0 spiro atoms. The molecule has 1 aliphatic heterocycles. The van der Waals surface area contributed by atoms with Crippen molar-refractivity contribution in [3.8, 4) is 0 Å². The first kappa shape index (κ1) is 13.0. The molecule has 1 saturated heterocycles. The van der Waals surface area contributed by atoms with Gasteiger partial charge in [-0.3, -0.25) is 4.79 Å². The Morgan fingerprint density at radius 3 is 3.00 bits per heavy atom. The van der Waals surface area contributed by atoms with Gasteiger partial charge in [-0.25, -0.2) is 0 Å². The molecular formula is C12H18N2O4. The van der Waals surface area contributed by atoms with Gasteiger partial charge in [0.25, 0.3) is 5.91 Å². The zero-order valence-corrected chi connectivity index (χ0v) is 10.7. The van der Waals surface area contributed by atoms with Crippen molar-refractivity contribution in [3.63, 3.8) is 0 Å². The Bertz CT molecular complexity index is 423. The smallest absolute Gasteiger partial charge is 0.276 e. The second-order valence-electron chi connectivity index (χ2n) is 4.75. The van der Waals surface area contributed by atoms with Gasteiger partial charge in [-0.1, -0.05) is 18.5 Å². The third-order valence-corrected chi connectivity index (χ3v) is 3.04. The number of likely N-dealkylation sites (tertiary alicyclic amines) is 1. The third kappa shape index (κ3) is 2.54. The van der Waals surface area contributed by atoms with Gasteiger partial charge in [0.1, 0.15) is 6.61 Å². The highest BCUT2D eigenvalue weighted by atomic mass is 16.5. The van der Waals surface area contributed by atoms with Crippen molar-refractivity contribution in [2.75, 3.05) is 20.2 Å². The lowest BCUT2D eigenvalue weighted by atomic mass is 9.89. The van der Waals surface area contributed by atoms with E-state index < -0.39 is 5.60 Å². The number of aromatic nitrogens is 1. The van der Waals surface area contributed by atoms with Crippen molar-refractivity contribution in [3.05, 3.63) is 17.5 Å². The Morgan fingerprint density at radius 2 is 2.39 bits per heavy atom. The lowest BCUT2D eigenvalue weighted by Crippen LogP contribution is -2.63. The number of ether oxygens (including phenoxy) is 1. The van der Waals surface area contributed by atoms with E-state index in [0.717, 1.165) is 6.42 Å². The van der Waals surface area contributed by atoms with E-state index in [2.05, 4.69) is 5.16 Å². The fraction of sp³-hybridized carbons (Fsp3) is 0.667.